The molecule has 2 heterocycles. The second-order valence-corrected chi connectivity index (χ2v) is 4.61. The van der Waals surface area contributed by atoms with Gasteiger partial charge in [0.1, 0.15) is 0 Å². The lowest BCUT2D eigenvalue weighted by molar-refractivity contribution is 0.0221. The molecule has 1 amide bonds. The lowest BCUT2D eigenvalue weighted by Crippen LogP contribution is -2.39. The minimum Gasteiger partial charge on any atom is -0.376 e. The highest BCUT2D eigenvalue weighted by Crippen LogP contribution is 2.14. The highest BCUT2D eigenvalue weighted by atomic mass is 16.5. The van der Waals surface area contributed by atoms with Gasteiger partial charge < -0.3 is 9.64 Å². The van der Waals surface area contributed by atoms with Gasteiger partial charge in [0.05, 0.1) is 12.3 Å². The van der Waals surface area contributed by atoms with Crippen molar-refractivity contribution in [3.63, 3.8) is 0 Å². The summed E-state index contributed by atoms with van der Waals surface area (Å²) in [6.07, 6.45) is 2.43. The van der Waals surface area contributed by atoms with Crippen molar-refractivity contribution in [3.05, 3.63) is 11.9 Å². The van der Waals surface area contributed by atoms with Crippen LogP contribution in [0.3, 0.4) is 0 Å². The number of nitrogens with zero attached hydrogens (tertiary/aromatic N) is 3. The Morgan fingerprint density at radius 1 is 1.65 bits per heavy atom. The summed E-state index contributed by atoms with van der Waals surface area (Å²) in [4.78, 5) is 13.9. The molecule has 1 unspecified atom stereocenters. The van der Waals surface area contributed by atoms with E-state index in [2.05, 4.69) is 29.3 Å². The summed E-state index contributed by atoms with van der Waals surface area (Å²) in [5.41, 5.74) is 0.370. The molecule has 1 aromatic heterocycles. The fraction of sp³-hybridized carbons (Fsp3) is 0.727. The first-order valence-electron chi connectivity index (χ1n) is 5.95. The van der Waals surface area contributed by atoms with E-state index in [4.69, 9.17) is 4.74 Å². The molecule has 94 valence electrons. The number of aromatic nitrogens is 3. The molecule has 1 saturated heterocycles. The molecule has 1 aliphatic rings. The van der Waals surface area contributed by atoms with E-state index < -0.39 is 0 Å². The molecule has 1 aromatic rings. The molecule has 1 fully saturated rings. The van der Waals surface area contributed by atoms with E-state index in [0.29, 0.717) is 24.8 Å². The monoisotopic (exact) mass is 238 g/mol. The van der Waals surface area contributed by atoms with Crippen molar-refractivity contribution in [2.45, 2.75) is 26.4 Å². The van der Waals surface area contributed by atoms with Gasteiger partial charge in [-0.3, -0.25) is 4.79 Å². The minimum atomic E-state index is -0.0742. The molecule has 0 spiro atoms. The summed E-state index contributed by atoms with van der Waals surface area (Å²) in [6, 6.07) is 0. The predicted octanol–water partition coefficient (Wildman–Crippen LogP) is 0.692. The van der Waals surface area contributed by atoms with E-state index in [0.717, 1.165) is 13.0 Å². The molecule has 6 heteroatoms. The van der Waals surface area contributed by atoms with Gasteiger partial charge >= 0.3 is 0 Å². The third kappa shape index (κ3) is 2.82. The number of amides is 1. The van der Waals surface area contributed by atoms with Crippen LogP contribution >= 0.6 is 0 Å². The van der Waals surface area contributed by atoms with Crippen LogP contribution in [0.25, 0.3) is 0 Å². The number of carbonyl (C=O) groups excluding carboxylic acids is 1. The van der Waals surface area contributed by atoms with E-state index in [1.165, 1.54) is 6.20 Å². The Morgan fingerprint density at radius 3 is 3.12 bits per heavy atom. The molecule has 0 aromatic carbocycles. The Kier molecular flexibility index (Phi) is 3.73. The molecule has 1 N–H and O–H groups in total. The number of carbonyl (C=O) groups is 1. The Labute approximate surface area is 100 Å². The average Bonchev–Trinajstić information content (AvgIpc) is 2.71. The lowest BCUT2D eigenvalue weighted by atomic mass is 10.1. The fourth-order valence-electron chi connectivity index (χ4n) is 1.91. The molecular formula is C11H18N4O2. The first-order chi connectivity index (χ1) is 8.18. The number of aromatic amines is 1. The number of ether oxygens (including phenoxy) is 1. The highest BCUT2D eigenvalue weighted by molar-refractivity contribution is 5.91. The van der Waals surface area contributed by atoms with Gasteiger partial charge in [0.25, 0.3) is 5.91 Å². The molecule has 0 aliphatic carbocycles. The van der Waals surface area contributed by atoms with E-state index in [1.807, 2.05) is 0 Å². The number of hydrogen-bond acceptors (Lipinski definition) is 4. The third-order valence-electron chi connectivity index (χ3n) is 2.97. The van der Waals surface area contributed by atoms with E-state index in [9.17, 15) is 4.79 Å². The van der Waals surface area contributed by atoms with Crippen molar-refractivity contribution in [1.29, 1.82) is 0 Å². The molecule has 0 saturated carbocycles. The maximum atomic E-state index is 12.1. The summed E-state index contributed by atoms with van der Waals surface area (Å²) in [7, 11) is 0. The molecule has 0 radical (unpaired) electrons. The SMILES string of the molecule is CC(C)C1CN(C(=O)c2cn[nH]n2)CCCO1. The van der Waals surface area contributed by atoms with Gasteiger partial charge in [-0.1, -0.05) is 13.8 Å². The molecule has 6 nitrogen and oxygen atoms in total. The predicted molar refractivity (Wildman–Crippen MR) is 61.5 cm³/mol. The summed E-state index contributed by atoms with van der Waals surface area (Å²) in [5.74, 6) is 0.329. The fourth-order valence-corrected chi connectivity index (χ4v) is 1.91. The van der Waals surface area contributed by atoms with Crippen molar-refractivity contribution in [1.82, 2.24) is 20.3 Å². The third-order valence-corrected chi connectivity index (χ3v) is 2.97. The van der Waals surface area contributed by atoms with Gasteiger partial charge in [0.2, 0.25) is 0 Å². The second-order valence-electron chi connectivity index (χ2n) is 4.61. The normalized spacial score (nSPS) is 21.6. The lowest BCUT2D eigenvalue weighted by Gasteiger charge is -2.25. The van der Waals surface area contributed by atoms with Gasteiger partial charge in [-0.15, -0.1) is 0 Å². The average molecular weight is 238 g/mol. The Balaban J connectivity index is 2.06. The molecule has 0 bridgehead atoms. The maximum absolute atomic E-state index is 12.1. The van der Waals surface area contributed by atoms with Crippen LogP contribution in [0.15, 0.2) is 6.20 Å². The summed E-state index contributed by atoms with van der Waals surface area (Å²) in [5, 5.41) is 9.95. The highest BCUT2D eigenvalue weighted by Gasteiger charge is 2.26. The minimum absolute atomic E-state index is 0.0742. The molecule has 1 aliphatic heterocycles. The van der Waals surface area contributed by atoms with Crippen molar-refractivity contribution in [2.24, 2.45) is 5.92 Å². The number of H-pyrrole nitrogens is 1. The Hall–Kier alpha value is -1.43. The van der Waals surface area contributed by atoms with Gasteiger partial charge in [-0.05, 0) is 12.3 Å². The van der Waals surface area contributed by atoms with Gasteiger partial charge in [0, 0.05) is 19.7 Å². The largest absolute Gasteiger partial charge is 0.376 e. The number of rotatable bonds is 2. The van der Waals surface area contributed by atoms with Gasteiger partial charge in [-0.25, -0.2) is 0 Å². The van der Waals surface area contributed by atoms with E-state index >= 15 is 0 Å². The van der Waals surface area contributed by atoms with Crippen LogP contribution in [0.2, 0.25) is 0 Å². The van der Waals surface area contributed by atoms with Gasteiger partial charge in [-0.2, -0.15) is 15.4 Å². The topological polar surface area (TPSA) is 71.1 Å². The molecular weight excluding hydrogens is 220 g/mol. The molecule has 2 rings (SSSR count). The summed E-state index contributed by atoms with van der Waals surface area (Å²) < 4.78 is 5.72. The zero-order valence-electron chi connectivity index (χ0n) is 10.2. The summed E-state index contributed by atoms with van der Waals surface area (Å²) >= 11 is 0. The second kappa shape index (κ2) is 5.27. The number of hydrogen-bond donors (Lipinski definition) is 1. The van der Waals surface area contributed by atoms with Crippen molar-refractivity contribution >= 4 is 5.91 Å². The number of nitrogens with one attached hydrogen (secondary N) is 1. The molecule has 17 heavy (non-hydrogen) atoms. The summed E-state index contributed by atoms with van der Waals surface area (Å²) in [6.45, 7) is 6.27. The van der Waals surface area contributed by atoms with E-state index in [-0.39, 0.29) is 12.0 Å². The Bertz CT molecular complexity index is 364. The van der Waals surface area contributed by atoms with Gasteiger partial charge in [0.15, 0.2) is 5.69 Å². The zero-order valence-corrected chi connectivity index (χ0v) is 10.2. The first kappa shape index (κ1) is 12.0. The standard InChI is InChI=1S/C11H18N4O2/c1-8(2)10-7-15(4-3-5-17-10)11(16)9-6-12-14-13-9/h6,8,10H,3-5,7H2,1-2H3,(H,12,13,14). The van der Waals surface area contributed by atoms with Crippen LogP contribution in [-0.4, -0.2) is 52.0 Å². The van der Waals surface area contributed by atoms with Crippen LogP contribution < -0.4 is 0 Å². The van der Waals surface area contributed by atoms with Crippen LogP contribution in [0, 0.1) is 5.92 Å². The maximum Gasteiger partial charge on any atom is 0.276 e. The van der Waals surface area contributed by atoms with Crippen LogP contribution in [0.5, 0.6) is 0 Å². The van der Waals surface area contributed by atoms with E-state index in [1.54, 1.807) is 4.90 Å². The Morgan fingerprint density at radius 2 is 2.47 bits per heavy atom. The first-order valence-corrected chi connectivity index (χ1v) is 5.95. The smallest absolute Gasteiger partial charge is 0.276 e. The van der Waals surface area contributed by atoms with Crippen molar-refractivity contribution in [2.75, 3.05) is 19.7 Å². The van der Waals surface area contributed by atoms with Crippen molar-refractivity contribution < 1.29 is 9.53 Å². The quantitative estimate of drug-likeness (QED) is 0.823. The van der Waals surface area contributed by atoms with Crippen LogP contribution in [0.1, 0.15) is 30.8 Å². The van der Waals surface area contributed by atoms with Crippen LogP contribution in [-0.2, 0) is 4.74 Å². The van der Waals surface area contributed by atoms with Crippen LogP contribution in [0.4, 0.5) is 0 Å². The molecule has 1 atom stereocenters. The zero-order chi connectivity index (χ0) is 12.3. The van der Waals surface area contributed by atoms with Crippen molar-refractivity contribution in [3.8, 4) is 0 Å².